The van der Waals surface area contributed by atoms with E-state index in [1.165, 1.54) is 0 Å². The van der Waals surface area contributed by atoms with Gasteiger partial charge in [-0.1, -0.05) is 6.07 Å². The summed E-state index contributed by atoms with van der Waals surface area (Å²) in [6, 6.07) is 5.94. The molecule has 2 heterocycles. The molecule has 0 saturated carbocycles. The zero-order valence-electron chi connectivity index (χ0n) is 6.88. The summed E-state index contributed by atoms with van der Waals surface area (Å²) in [6.45, 7) is 0.549. The van der Waals surface area contributed by atoms with Crippen LogP contribution in [-0.4, -0.2) is 9.61 Å². The maximum atomic E-state index is 5.51. The molecule has 0 unspecified atom stereocenters. The third kappa shape index (κ3) is 2.12. The van der Waals surface area contributed by atoms with Crippen LogP contribution in [0.5, 0.6) is 0 Å². The molecule has 0 radical (unpaired) electrons. The fourth-order valence-electron chi connectivity index (χ4n) is 1.14. The Kier molecular flexibility index (Phi) is 4.77. The van der Waals surface area contributed by atoms with Crippen molar-refractivity contribution < 1.29 is 0 Å². The topological polar surface area (TPSA) is 43.3 Å². The second kappa shape index (κ2) is 5.07. The summed E-state index contributed by atoms with van der Waals surface area (Å²) >= 11 is 0. The van der Waals surface area contributed by atoms with E-state index in [9.17, 15) is 0 Å². The number of hydrogen-bond acceptors (Lipinski definition) is 2. The Labute approximate surface area is 88.7 Å². The highest BCUT2D eigenvalue weighted by Crippen LogP contribution is 2.07. The predicted molar refractivity (Wildman–Crippen MR) is 57.6 cm³/mol. The van der Waals surface area contributed by atoms with Gasteiger partial charge in [-0.2, -0.15) is 5.10 Å². The minimum absolute atomic E-state index is 0. The molecule has 2 rings (SSSR count). The average molecular weight is 220 g/mol. The highest BCUT2D eigenvalue weighted by atomic mass is 35.5. The van der Waals surface area contributed by atoms with E-state index < -0.39 is 0 Å². The molecule has 3 nitrogen and oxygen atoms in total. The lowest BCUT2D eigenvalue weighted by molar-refractivity contribution is 0.961. The number of pyridine rings is 1. The molecule has 2 aromatic rings. The van der Waals surface area contributed by atoms with Gasteiger partial charge in [0, 0.05) is 18.3 Å². The number of aromatic nitrogens is 2. The van der Waals surface area contributed by atoms with Crippen LogP contribution in [0.4, 0.5) is 0 Å². The third-order valence-corrected chi connectivity index (χ3v) is 1.73. The molecular formula is C8H11Cl2N3. The first-order valence-corrected chi connectivity index (χ1v) is 3.53. The highest BCUT2D eigenvalue weighted by Gasteiger charge is 1.98. The molecule has 0 fully saturated rings. The quantitative estimate of drug-likeness (QED) is 0.793. The van der Waals surface area contributed by atoms with Crippen molar-refractivity contribution in [2.24, 2.45) is 5.73 Å². The molecule has 72 valence electrons. The van der Waals surface area contributed by atoms with Crippen molar-refractivity contribution in [3.8, 4) is 0 Å². The van der Waals surface area contributed by atoms with Crippen LogP contribution in [-0.2, 0) is 6.54 Å². The van der Waals surface area contributed by atoms with Crippen molar-refractivity contribution in [3.63, 3.8) is 0 Å². The van der Waals surface area contributed by atoms with E-state index in [-0.39, 0.29) is 24.8 Å². The SMILES string of the molecule is Cl.Cl.NCc1cnn2ccccc12. The van der Waals surface area contributed by atoms with Crippen molar-refractivity contribution in [2.45, 2.75) is 6.54 Å². The molecule has 2 N–H and O–H groups in total. The van der Waals surface area contributed by atoms with Gasteiger partial charge >= 0.3 is 0 Å². The van der Waals surface area contributed by atoms with Crippen LogP contribution in [0.1, 0.15) is 5.56 Å². The van der Waals surface area contributed by atoms with Crippen molar-refractivity contribution in [3.05, 3.63) is 36.2 Å². The van der Waals surface area contributed by atoms with E-state index >= 15 is 0 Å². The summed E-state index contributed by atoms with van der Waals surface area (Å²) in [6.07, 6.45) is 3.71. The van der Waals surface area contributed by atoms with Gasteiger partial charge in [0.1, 0.15) is 0 Å². The van der Waals surface area contributed by atoms with E-state index in [1.807, 2.05) is 28.9 Å². The standard InChI is InChI=1S/C8H9N3.2ClH/c9-5-7-6-10-11-4-2-1-3-8(7)11;;/h1-4,6H,5,9H2;2*1H. The first-order chi connectivity index (χ1) is 5.42. The lowest BCUT2D eigenvalue weighted by Gasteiger charge is -1.92. The minimum atomic E-state index is 0. The van der Waals surface area contributed by atoms with E-state index in [4.69, 9.17) is 5.73 Å². The maximum absolute atomic E-state index is 5.51. The van der Waals surface area contributed by atoms with Crippen LogP contribution in [0.25, 0.3) is 5.52 Å². The number of nitrogens with two attached hydrogens (primary N) is 1. The average Bonchev–Trinajstić information content (AvgIpc) is 2.47. The van der Waals surface area contributed by atoms with Gasteiger partial charge in [-0.25, -0.2) is 4.52 Å². The summed E-state index contributed by atoms with van der Waals surface area (Å²) in [7, 11) is 0. The predicted octanol–water partition coefficient (Wildman–Crippen LogP) is 1.64. The monoisotopic (exact) mass is 219 g/mol. The number of fused-ring (bicyclic) bond motifs is 1. The minimum Gasteiger partial charge on any atom is -0.326 e. The summed E-state index contributed by atoms with van der Waals surface area (Å²) in [4.78, 5) is 0. The van der Waals surface area contributed by atoms with Crippen LogP contribution in [0.15, 0.2) is 30.6 Å². The third-order valence-electron chi connectivity index (χ3n) is 1.73. The maximum Gasteiger partial charge on any atom is 0.0706 e. The van der Waals surface area contributed by atoms with Crippen molar-refractivity contribution in [2.75, 3.05) is 0 Å². The van der Waals surface area contributed by atoms with E-state index in [1.54, 1.807) is 6.20 Å². The molecule has 0 saturated heterocycles. The van der Waals surface area contributed by atoms with Gasteiger partial charge in [0.15, 0.2) is 0 Å². The number of hydrogen-bond donors (Lipinski definition) is 1. The van der Waals surface area contributed by atoms with Crippen LogP contribution in [0.2, 0.25) is 0 Å². The summed E-state index contributed by atoms with van der Waals surface area (Å²) < 4.78 is 1.82. The normalized spacial score (nSPS) is 9.00. The molecule has 0 aliphatic rings. The smallest absolute Gasteiger partial charge is 0.0706 e. The van der Waals surface area contributed by atoms with Crippen LogP contribution >= 0.6 is 24.8 Å². The van der Waals surface area contributed by atoms with E-state index in [2.05, 4.69) is 5.10 Å². The lowest BCUT2D eigenvalue weighted by atomic mass is 10.3. The highest BCUT2D eigenvalue weighted by molar-refractivity contribution is 5.85. The molecule has 0 spiro atoms. The van der Waals surface area contributed by atoms with Gasteiger partial charge in [-0.3, -0.25) is 0 Å². The zero-order valence-corrected chi connectivity index (χ0v) is 8.52. The largest absolute Gasteiger partial charge is 0.326 e. The van der Waals surface area contributed by atoms with Gasteiger partial charge in [0.25, 0.3) is 0 Å². The molecule has 0 bridgehead atoms. The van der Waals surface area contributed by atoms with Crippen LogP contribution in [0.3, 0.4) is 0 Å². The van der Waals surface area contributed by atoms with Crippen molar-refractivity contribution >= 4 is 30.3 Å². The summed E-state index contributed by atoms with van der Waals surface area (Å²) in [5, 5.41) is 4.13. The van der Waals surface area contributed by atoms with Crippen molar-refractivity contribution in [1.29, 1.82) is 0 Å². The number of halogens is 2. The second-order valence-corrected chi connectivity index (χ2v) is 2.40. The van der Waals surface area contributed by atoms with Gasteiger partial charge in [0.05, 0.1) is 11.7 Å². The molecule has 0 aliphatic carbocycles. The zero-order chi connectivity index (χ0) is 7.68. The molecule has 0 aliphatic heterocycles. The lowest BCUT2D eigenvalue weighted by Crippen LogP contribution is -1.94. The van der Waals surface area contributed by atoms with Crippen molar-refractivity contribution in [1.82, 2.24) is 9.61 Å². The Morgan fingerprint density at radius 2 is 2.08 bits per heavy atom. The second-order valence-electron chi connectivity index (χ2n) is 2.40. The Morgan fingerprint density at radius 1 is 1.31 bits per heavy atom. The Hall–Kier alpha value is -0.770. The Balaban J connectivity index is 0.000000720. The molecule has 5 heteroatoms. The van der Waals surface area contributed by atoms with Gasteiger partial charge in [-0.05, 0) is 12.1 Å². The molecular weight excluding hydrogens is 209 g/mol. The molecule has 0 atom stereocenters. The summed E-state index contributed by atoms with van der Waals surface area (Å²) in [5.74, 6) is 0. The first-order valence-electron chi connectivity index (χ1n) is 3.53. The molecule has 0 aromatic carbocycles. The van der Waals surface area contributed by atoms with Gasteiger partial charge < -0.3 is 5.73 Å². The molecule has 13 heavy (non-hydrogen) atoms. The number of rotatable bonds is 1. The van der Waals surface area contributed by atoms with Gasteiger partial charge in [-0.15, -0.1) is 24.8 Å². The molecule has 0 amide bonds. The van der Waals surface area contributed by atoms with E-state index in [0.717, 1.165) is 11.1 Å². The molecule has 2 aromatic heterocycles. The fourth-order valence-corrected chi connectivity index (χ4v) is 1.14. The van der Waals surface area contributed by atoms with Gasteiger partial charge in [0.2, 0.25) is 0 Å². The first kappa shape index (κ1) is 12.2. The number of nitrogens with zero attached hydrogens (tertiary/aromatic N) is 2. The van der Waals surface area contributed by atoms with Crippen LogP contribution in [0, 0.1) is 0 Å². The fraction of sp³-hybridized carbons (Fsp3) is 0.125. The Morgan fingerprint density at radius 3 is 2.77 bits per heavy atom. The summed E-state index contributed by atoms with van der Waals surface area (Å²) in [5.41, 5.74) is 7.69. The van der Waals surface area contributed by atoms with E-state index in [0.29, 0.717) is 6.54 Å². The van der Waals surface area contributed by atoms with Crippen LogP contribution < -0.4 is 5.73 Å². The Bertz CT molecular complexity index is 372.